The van der Waals surface area contributed by atoms with Gasteiger partial charge in [0.05, 0.1) is 72.4 Å². The van der Waals surface area contributed by atoms with Crippen molar-refractivity contribution in [2.75, 3.05) is 38.0 Å². The molecular weight excluding hydrogens is 1260 g/mol. The van der Waals surface area contributed by atoms with Crippen molar-refractivity contribution in [3.8, 4) is 23.0 Å². The van der Waals surface area contributed by atoms with E-state index in [4.69, 9.17) is 37.9 Å². The molecule has 0 aliphatic heterocycles. The summed E-state index contributed by atoms with van der Waals surface area (Å²) in [4.78, 5) is 80.8. The highest BCUT2D eigenvalue weighted by Crippen LogP contribution is 2.54. The summed E-state index contributed by atoms with van der Waals surface area (Å²) in [6, 6.07) is 22.7. The minimum atomic E-state index is -7.14. The Morgan fingerprint density at radius 3 is 1.55 bits per heavy atom. The number of rotatable bonds is 34. The topological polar surface area (TPSA) is 205 Å². The fourth-order valence-electron chi connectivity index (χ4n) is 9.93. The lowest BCUT2D eigenvalue weighted by molar-refractivity contribution is -0.396. The zero-order valence-electron chi connectivity index (χ0n) is 50.5. The van der Waals surface area contributed by atoms with E-state index in [1.807, 2.05) is 0 Å². The molecule has 0 radical (unpaired) electrons. The summed E-state index contributed by atoms with van der Waals surface area (Å²) < 4.78 is 172. The summed E-state index contributed by atoms with van der Waals surface area (Å²) in [5, 5.41) is 4.40. The molecule has 0 N–H and O–H groups in total. The summed E-state index contributed by atoms with van der Waals surface area (Å²) in [6.07, 6.45) is 0.630. The summed E-state index contributed by atoms with van der Waals surface area (Å²) in [5.74, 6) is -23.9. The molecule has 7 rings (SSSR count). The maximum Gasteiger partial charge on any atom is 0.460 e. The van der Waals surface area contributed by atoms with Crippen LogP contribution in [0.3, 0.4) is 0 Å². The number of hydrogen-bond acceptors (Lipinski definition) is 18. The number of unbranched alkanes of at least 4 members (excludes halogenated alkanes) is 6. The van der Waals surface area contributed by atoms with Gasteiger partial charge in [0, 0.05) is 24.1 Å². The second-order valence-corrected chi connectivity index (χ2v) is 23.1. The number of anilines is 1. The lowest BCUT2D eigenvalue weighted by atomic mass is 9.87. The van der Waals surface area contributed by atoms with Crippen molar-refractivity contribution in [2.24, 2.45) is 16.9 Å². The average Bonchev–Trinajstić information content (AvgIpc) is 1.09. The van der Waals surface area contributed by atoms with E-state index in [9.17, 15) is 59.5 Å². The number of hydrogen-bond donors (Lipinski definition) is 0. The summed E-state index contributed by atoms with van der Waals surface area (Å²) in [6.45, 7) is 6.78. The van der Waals surface area contributed by atoms with Gasteiger partial charge in [-0.2, -0.15) is 44.6 Å². The number of aromatic nitrogens is 1. The number of benzene rings is 4. The van der Waals surface area contributed by atoms with Crippen LogP contribution >= 0.6 is 11.3 Å². The number of alkyl halides is 9. The van der Waals surface area contributed by atoms with Crippen LogP contribution in [0.25, 0.3) is 10.2 Å². The van der Waals surface area contributed by atoms with Gasteiger partial charge in [-0.3, -0.25) is 9.59 Å². The number of carbonyl (C=O) groups excluding carboxylic acids is 6. The minimum Gasteiger partial charge on any atom is -0.494 e. The predicted octanol–water partition coefficient (Wildman–Crippen LogP) is 15.0. The Morgan fingerprint density at radius 2 is 1.03 bits per heavy atom. The third-order valence-corrected chi connectivity index (χ3v) is 16.3. The molecular formula is C66H70F9N3O14S. The molecule has 0 spiro atoms. The fraction of sp³-hybridized carbons (Fsp3) is 0.455. The molecule has 93 heavy (non-hydrogen) atoms. The van der Waals surface area contributed by atoms with Crippen molar-refractivity contribution in [3.63, 3.8) is 0 Å². The number of thiazole rings is 1. The van der Waals surface area contributed by atoms with Gasteiger partial charge in [0.15, 0.2) is 0 Å². The standard InChI is InChI=1S/C66H70F9N3O14S/c1-3-56(79)87-39-13-7-5-11-37-85-47-23-17-43(18-24-47)58(81)89-49-25-19-45(20-26-49)60(83)92-52-33-34-53(46(41-52)42-76-78(62-77-54-15-9-10-16-55(54)93-62)36-35-63(67,68)64(69,70)65(71,72)66(73,74)75)61(84)91-50-27-21-44(22-28-50)59(82)90-51-31-29-48(30-32-51)86-38-12-6-8-14-40-88-57(80)4-2/h3-4,9-10,15-18,23-24,29-34,41-42,44-45,49-50H,1-2,5-8,11-14,19-22,25-28,35-40H2/b76-42+. The first kappa shape index (κ1) is 71.9. The lowest BCUT2D eigenvalue weighted by Crippen LogP contribution is -2.61. The number of hydrazone groups is 1. The van der Waals surface area contributed by atoms with E-state index < -0.39 is 96.8 Å². The normalized spacial score (nSPS) is 17.0. The molecule has 2 fully saturated rings. The highest BCUT2D eigenvalue weighted by molar-refractivity contribution is 7.22. The molecule has 2 aliphatic rings. The first-order valence-corrected chi connectivity index (χ1v) is 31.1. The van der Waals surface area contributed by atoms with E-state index in [2.05, 4.69) is 23.2 Å². The Labute approximate surface area is 534 Å². The first-order valence-electron chi connectivity index (χ1n) is 30.3. The van der Waals surface area contributed by atoms with Crippen LogP contribution < -0.4 is 24.0 Å². The van der Waals surface area contributed by atoms with Crippen molar-refractivity contribution in [1.82, 2.24) is 4.98 Å². The molecule has 17 nitrogen and oxygen atoms in total. The van der Waals surface area contributed by atoms with E-state index in [1.165, 1.54) is 18.2 Å². The van der Waals surface area contributed by atoms with Crippen LogP contribution in [-0.2, 0) is 38.1 Å². The zero-order valence-corrected chi connectivity index (χ0v) is 51.4. The molecule has 2 saturated carbocycles. The van der Waals surface area contributed by atoms with Crippen molar-refractivity contribution >= 4 is 68.7 Å². The molecule has 1 aromatic heterocycles. The maximum atomic E-state index is 15.1. The number of carbonyl (C=O) groups is 6. The molecule has 0 saturated heterocycles. The molecule has 5 aromatic rings. The zero-order chi connectivity index (χ0) is 67.2. The number of halogens is 9. The molecule has 0 bridgehead atoms. The van der Waals surface area contributed by atoms with Gasteiger partial charge < -0.3 is 37.9 Å². The largest absolute Gasteiger partial charge is 0.494 e. The van der Waals surface area contributed by atoms with Crippen molar-refractivity contribution in [1.29, 1.82) is 0 Å². The molecule has 0 amide bonds. The molecule has 0 atom stereocenters. The number of esters is 6. The van der Waals surface area contributed by atoms with Gasteiger partial charge in [-0.1, -0.05) is 36.6 Å². The van der Waals surface area contributed by atoms with Gasteiger partial charge in [-0.05, 0) is 182 Å². The Bertz CT molecular complexity index is 3330. The second kappa shape index (κ2) is 33.9. The lowest BCUT2D eigenvalue weighted by Gasteiger charge is -2.34. The van der Waals surface area contributed by atoms with E-state index in [0.717, 1.165) is 74.3 Å². The van der Waals surface area contributed by atoms with Crippen LogP contribution in [0.15, 0.2) is 121 Å². The van der Waals surface area contributed by atoms with Crippen LogP contribution in [0.1, 0.15) is 135 Å². The Kier molecular flexibility index (Phi) is 26.2. The van der Waals surface area contributed by atoms with Crippen LogP contribution in [0.5, 0.6) is 23.0 Å². The predicted molar refractivity (Wildman–Crippen MR) is 323 cm³/mol. The van der Waals surface area contributed by atoms with Gasteiger partial charge in [-0.15, -0.1) is 0 Å². The summed E-state index contributed by atoms with van der Waals surface area (Å²) in [5.41, 5.74) is 0.0332. The van der Waals surface area contributed by atoms with Crippen molar-refractivity contribution < 1.29 is 106 Å². The average molecular weight is 1330 g/mol. The van der Waals surface area contributed by atoms with E-state index >= 15 is 8.78 Å². The number of para-hydroxylation sites is 1. The molecule has 1 heterocycles. The SMILES string of the molecule is C=CC(=O)OCCCCCCOc1ccc(OC(=O)C2CCC(OC(=O)c3ccc(OC(=O)C4CCC(OC(=O)c5ccc(OCCCCCCOC(=O)C=C)cc5)CC4)cc3/C=N/N(CCC(F)(F)C(F)(F)C(F)(F)C(F)(F)F)c3nc4ccccc4s3)CC2)cc1. The first-order chi connectivity index (χ1) is 44.4. The summed E-state index contributed by atoms with van der Waals surface area (Å²) >= 11 is 0.775. The smallest absolute Gasteiger partial charge is 0.460 e. The highest BCUT2D eigenvalue weighted by Gasteiger charge is 2.81. The molecule has 27 heteroatoms. The third kappa shape index (κ3) is 20.8. The van der Waals surface area contributed by atoms with Gasteiger partial charge in [0.25, 0.3) is 0 Å². The Hall–Kier alpha value is -8.49. The number of ether oxygens (including phenoxy) is 8. The van der Waals surface area contributed by atoms with Gasteiger partial charge in [0.1, 0.15) is 35.2 Å². The van der Waals surface area contributed by atoms with Crippen LogP contribution in [0.2, 0.25) is 0 Å². The fourth-order valence-corrected chi connectivity index (χ4v) is 10.9. The Morgan fingerprint density at radius 1 is 0.559 bits per heavy atom. The minimum absolute atomic E-state index is 0.176. The van der Waals surface area contributed by atoms with Crippen molar-refractivity contribution in [2.45, 2.75) is 145 Å². The second-order valence-electron chi connectivity index (χ2n) is 22.0. The third-order valence-electron chi connectivity index (χ3n) is 15.3. The monoisotopic (exact) mass is 1330 g/mol. The quantitative estimate of drug-likeness (QED) is 0.00549. The maximum absolute atomic E-state index is 15.1. The number of nitrogens with zero attached hydrogens (tertiary/aromatic N) is 3. The van der Waals surface area contributed by atoms with Crippen LogP contribution in [0, 0.1) is 11.8 Å². The van der Waals surface area contributed by atoms with Gasteiger partial charge in [-0.25, -0.2) is 29.2 Å². The Balaban J connectivity index is 0.984. The van der Waals surface area contributed by atoms with E-state index in [1.54, 1.807) is 66.7 Å². The van der Waals surface area contributed by atoms with Crippen LogP contribution in [0.4, 0.5) is 44.6 Å². The van der Waals surface area contributed by atoms with E-state index in [0.29, 0.717) is 60.5 Å². The molecule has 502 valence electrons. The van der Waals surface area contributed by atoms with E-state index in [-0.39, 0.29) is 90.2 Å². The van der Waals surface area contributed by atoms with Gasteiger partial charge >= 0.3 is 59.8 Å². The molecule has 2 aliphatic carbocycles. The highest BCUT2D eigenvalue weighted by atomic mass is 32.1. The van der Waals surface area contributed by atoms with Crippen LogP contribution in [-0.4, -0.2) is 116 Å². The number of fused-ring (bicyclic) bond motifs is 1. The molecule has 4 aromatic carbocycles. The van der Waals surface area contributed by atoms with Crippen molar-refractivity contribution in [3.05, 3.63) is 133 Å². The summed E-state index contributed by atoms with van der Waals surface area (Å²) in [7, 11) is 0. The molecule has 0 unspecified atom stereocenters. The van der Waals surface area contributed by atoms with Gasteiger partial charge in [0.2, 0.25) is 5.13 Å².